The van der Waals surface area contributed by atoms with Crippen molar-refractivity contribution in [1.82, 2.24) is 19.6 Å². The van der Waals surface area contributed by atoms with Crippen LogP contribution in [0.15, 0.2) is 0 Å². The maximum absolute atomic E-state index is 12.4. The molecule has 2 unspecified atom stereocenters. The number of methoxy groups -OCH3 is 1. The molecule has 29 N–H and O–H groups in total. The Morgan fingerprint density at radius 1 is 0.516 bits per heavy atom. The molecule has 0 spiro atoms. The van der Waals surface area contributed by atoms with E-state index >= 15 is 0 Å². The summed E-state index contributed by atoms with van der Waals surface area (Å²) < 4.78 is 41.8. The van der Waals surface area contributed by atoms with Crippen LogP contribution in [-0.4, -0.2) is 298 Å². The number of likely N-dealkylation sites (tertiary alicyclic amines) is 4. The summed E-state index contributed by atoms with van der Waals surface area (Å²) in [6.07, 6.45) is -1.59. The zero-order chi connectivity index (χ0) is 70.3. The molecular formula is C49H95B4F3N12O22S. The van der Waals surface area contributed by atoms with Gasteiger partial charge in [0.05, 0.1) is 31.2 Å². The second-order valence-electron chi connectivity index (χ2n) is 23.8. The monoisotopic (exact) mass is 1340 g/mol. The molecule has 4 rings (SSSR count). The van der Waals surface area contributed by atoms with Crippen LogP contribution in [0.1, 0.15) is 71.1 Å². The Labute approximate surface area is 530 Å². The minimum atomic E-state index is -4.61. The Kier molecular flexibility index (Phi) is 35.4. The van der Waals surface area contributed by atoms with Crippen LogP contribution >= 0.6 is 11.8 Å². The van der Waals surface area contributed by atoms with Gasteiger partial charge in [-0.3, -0.25) is 38.4 Å². The first-order valence-electron chi connectivity index (χ1n) is 29.3. The summed E-state index contributed by atoms with van der Waals surface area (Å²) in [5, 5.41) is 118. The van der Waals surface area contributed by atoms with E-state index in [2.05, 4.69) is 0 Å². The first-order chi connectivity index (χ1) is 41.9. The molecule has 13 atom stereocenters. The number of nitrogens with two attached hydrogens (primary N) is 8. The second-order valence-corrected chi connectivity index (χ2v) is 24.8. The van der Waals surface area contributed by atoms with E-state index in [4.69, 9.17) is 90.8 Å². The highest BCUT2D eigenvalue weighted by molar-refractivity contribution is 7.98. The van der Waals surface area contributed by atoms with Crippen LogP contribution in [-0.2, 0) is 43.1 Å². The van der Waals surface area contributed by atoms with E-state index in [1.165, 1.54) is 28.7 Å². The van der Waals surface area contributed by atoms with Gasteiger partial charge in [-0.15, -0.1) is 0 Å². The third kappa shape index (κ3) is 25.9. The lowest BCUT2D eigenvalue weighted by atomic mass is 9.78. The van der Waals surface area contributed by atoms with E-state index in [-0.39, 0.29) is 96.4 Å². The molecule has 0 bridgehead atoms. The van der Waals surface area contributed by atoms with Gasteiger partial charge in [-0.2, -0.15) is 24.9 Å². The van der Waals surface area contributed by atoms with Crippen molar-refractivity contribution in [2.75, 3.05) is 78.1 Å². The molecule has 0 radical (unpaired) electrons. The molecule has 4 aliphatic heterocycles. The maximum atomic E-state index is 12.4. The molecule has 91 heavy (non-hydrogen) atoms. The smallest absolute Gasteiger partial charge is 0.451 e. The fraction of sp³-hybridized carbons (Fsp3) is 0.837. The summed E-state index contributed by atoms with van der Waals surface area (Å²) >= 11 is 1.59. The van der Waals surface area contributed by atoms with E-state index in [1.54, 1.807) is 11.8 Å². The molecule has 0 aromatic carbocycles. The third-order valence-corrected chi connectivity index (χ3v) is 17.2. The largest absolute Gasteiger partial charge is 0.480 e. The number of thioether (sulfide) groups is 1. The highest BCUT2D eigenvalue weighted by atomic mass is 32.2. The molecule has 4 heterocycles. The van der Waals surface area contributed by atoms with E-state index < -0.39 is 165 Å². The Balaban J connectivity index is 0.000000607. The molecule has 4 amide bonds. The molecule has 0 aliphatic carbocycles. The molecule has 34 nitrogen and oxygen atoms in total. The SMILES string of the molecule is CC(O)[C@H](N)C(=O)N1C[C@H](CCCB(O)O)[C@](N)(C(=O)O)C1.COC[C@H](N)C(=O)N1C[C@H](CCCB(O)O)[C@](N)(C(=O)O)C1.CSCC[C@H](N)C(=O)N1C[C@H](CCCB(O)O)[C@](N)(C(=O)O)C1.NC(CC(F)(F)F)C(=O)N1C[C@H](CCCB(O)O)[C@](N)(C(=O)O)C1. The first kappa shape index (κ1) is 84.5. The molecule has 4 saturated heterocycles. The van der Waals surface area contributed by atoms with Crippen LogP contribution in [0, 0.1) is 23.7 Å². The number of rotatable bonds is 31. The van der Waals surface area contributed by atoms with E-state index in [0.717, 1.165) is 10.7 Å². The van der Waals surface area contributed by atoms with Crippen LogP contribution in [0.25, 0.3) is 0 Å². The summed E-state index contributed by atoms with van der Waals surface area (Å²) in [5.41, 5.74) is 39.7. The van der Waals surface area contributed by atoms with Crippen molar-refractivity contribution in [2.24, 2.45) is 69.5 Å². The number of aliphatic hydroxyl groups is 1. The number of aliphatic carboxylic acids is 4. The van der Waals surface area contributed by atoms with Crippen LogP contribution in [0.3, 0.4) is 0 Å². The van der Waals surface area contributed by atoms with Crippen molar-refractivity contribution in [3.8, 4) is 0 Å². The number of aliphatic hydroxyl groups excluding tert-OH is 1. The number of carbonyl (C=O) groups is 8. The quantitative estimate of drug-likeness (QED) is 0.0287. The molecule has 0 aromatic rings. The van der Waals surface area contributed by atoms with Gasteiger partial charge in [-0.05, 0) is 76.3 Å². The van der Waals surface area contributed by atoms with Crippen molar-refractivity contribution in [2.45, 2.75) is 155 Å². The van der Waals surface area contributed by atoms with Crippen molar-refractivity contribution >= 4 is 87.7 Å². The van der Waals surface area contributed by atoms with E-state index in [1.807, 2.05) is 6.26 Å². The van der Waals surface area contributed by atoms with E-state index in [9.17, 15) is 77.1 Å². The average molecular weight is 1340 g/mol. The summed E-state index contributed by atoms with van der Waals surface area (Å²) in [4.78, 5) is 99.6. The number of nitrogens with zero attached hydrogens (tertiary/aromatic N) is 4. The topological polar surface area (TPSA) is 630 Å². The summed E-state index contributed by atoms with van der Waals surface area (Å²) in [6.45, 7) is 0.987. The van der Waals surface area contributed by atoms with Gasteiger partial charge in [0.25, 0.3) is 0 Å². The summed E-state index contributed by atoms with van der Waals surface area (Å²) in [5.74, 6) is -8.56. The number of amides is 4. The first-order valence-corrected chi connectivity index (χ1v) is 30.7. The number of halogens is 3. The molecular weight excluding hydrogens is 1240 g/mol. The van der Waals surface area contributed by atoms with E-state index in [0.29, 0.717) is 44.9 Å². The van der Waals surface area contributed by atoms with Gasteiger partial charge in [0.15, 0.2) is 0 Å². The lowest BCUT2D eigenvalue weighted by Gasteiger charge is -2.25. The highest BCUT2D eigenvalue weighted by Gasteiger charge is 2.55. The molecule has 4 fully saturated rings. The van der Waals surface area contributed by atoms with Crippen molar-refractivity contribution in [3.63, 3.8) is 0 Å². The molecule has 0 saturated carbocycles. The molecule has 42 heteroatoms. The molecule has 0 aromatic heterocycles. The third-order valence-electron chi connectivity index (χ3n) is 16.6. The molecule has 522 valence electrons. The zero-order valence-corrected chi connectivity index (χ0v) is 52.2. The highest BCUT2D eigenvalue weighted by Crippen LogP contribution is 2.35. The Bertz CT molecular complexity index is 2370. The van der Waals surface area contributed by atoms with Gasteiger partial charge in [0.1, 0.15) is 34.2 Å². The van der Waals surface area contributed by atoms with Crippen molar-refractivity contribution < 1.29 is 122 Å². The summed E-state index contributed by atoms with van der Waals surface area (Å²) in [7, 11) is -4.46. The fourth-order valence-corrected chi connectivity index (χ4v) is 11.5. The van der Waals surface area contributed by atoms with Crippen LogP contribution in [0.4, 0.5) is 13.2 Å². The fourth-order valence-electron chi connectivity index (χ4n) is 11.1. The van der Waals surface area contributed by atoms with Gasteiger partial charge in [-0.25, -0.2) is 0 Å². The van der Waals surface area contributed by atoms with Crippen molar-refractivity contribution in [1.29, 1.82) is 0 Å². The number of carbonyl (C=O) groups excluding carboxylic acids is 4. The predicted molar refractivity (Wildman–Crippen MR) is 325 cm³/mol. The van der Waals surface area contributed by atoms with Crippen LogP contribution in [0.2, 0.25) is 25.3 Å². The number of hydrogen-bond donors (Lipinski definition) is 21. The second kappa shape index (κ2) is 38.1. The number of carboxylic acids is 4. The number of carboxylic acid groups (broad SMARTS) is 4. The number of hydrogen-bond acceptors (Lipinski definition) is 27. The Morgan fingerprint density at radius 3 is 1.01 bits per heavy atom. The minimum Gasteiger partial charge on any atom is -0.480 e. The predicted octanol–water partition coefficient (Wildman–Crippen LogP) is -8.04. The molecule has 4 aliphatic rings. The Hall–Kier alpha value is -4.56. The summed E-state index contributed by atoms with van der Waals surface area (Å²) in [6, 6.07) is -4.46. The van der Waals surface area contributed by atoms with Gasteiger partial charge >= 0.3 is 58.5 Å². The lowest BCUT2D eigenvalue weighted by molar-refractivity contribution is -0.152. The Morgan fingerprint density at radius 2 is 0.780 bits per heavy atom. The zero-order valence-electron chi connectivity index (χ0n) is 51.4. The van der Waals surface area contributed by atoms with Gasteiger partial charge in [0, 0.05) is 83.1 Å². The lowest BCUT2D eigenvalue weighted by Crippen LogP contribution is -2.56. The number of alkyl halides is 3. The van der Waals surface area contributed by atoms with Gasteiger partial charge < -0.3 is 136 Å². The average Bonchev–Trinajstić information content (AvgIpc) is 1.68. The standard InChI is InChI=1S/C13H26BN3O5S.C12H21BF3N3O5.2C12H24BN3O6/c1-23-6-4-10(15)11(18)17-7-9(3-2-5-14(21)22)13(16,8-17)12(19)20;14-12(15,16)4-8(17)9(20)19-5-7(2-1-3-13(23)24)11(18,6-19)10(21)22;1-22-6-9(14)10(17)16-5-8(3-2-4-13(20)21)12(15,7-16)11(18)19;1-7(17)9(14)10(18)16-5-8(3-2-4-13(21)22)12(15,6-16)11(19)20/h9-10,21-22H,2-8,15-16H2,1H3,(H,19,20);7-8,23-24H,1-6,17-18H2,(H,21,22);8-9,20-21H,2-7,14-15H2,1H3,(H,18,19);7-9,17,21-22H,2-6,14-15H2,1H3,(H,19,20)/t9-,10-,13-;7-,8?,11-;8-,9-,12-;7?,8-,9-,12-/m0000/s1. The normalized spacial score (nSPS) is 26.1. The van der Waals surface area contributed by atoms with Gasteiger partial charge in [-0.1, -0.05) is 25.7 Å². The van der Waals surface area contributed by atoms with Crippen LogP contribution in [0.5, 0.6) is 0 Å². The van der Waals surface area contributed by atoms with Gasteiger partial charge in [0.2, 0.25) is 23.6 Å². The maximum Gasteiger partial charge on any atom is 0.451 e. The van der Waals surface area contributed by atoms with Crippen LogP contribution < -0.4 is 45.9 Å². The van der Waals surface area contributed by atoms with Crippen molar-refractivity contribution in [3.05, 3.63) is 0 Å². The number of ether oxygens (including phenoxy) is 1. The minimum absolute atomic E-state index is 0.00622.